The van der Waals surface area contributed by atoms with E-state index in [0.717, 1.165) is 41.1 Å². The first-order valence-electron chi connectivity index (χ1n) is 10.7. The number of carbonyl (C=O) groups excluding carboxylic acids is 1. The highest BCUT2D eigenvalue weighted by molar-refractivity contribution is 6.04. The minimum Gasteiger partial charge on any atom is -0.491 e. The van der Waals surface area contributed by atoms with Gasteiger partial charge in [0.25, 0.3) is 5.91 Å². The van der Waals surface area contributed by atoms with Crippen molar-refractivity contribution in [2.24, 2.45) is 7.05 Å². The Kier molecular flexibility index (Phi) is 6.08. The van der Waals surface area contributed by atoms with Crippen LogP contribution in [-0.2, 0) is 7.05 Å². The quantitative estimate of drug-likeness (QED) is 0.627. The Balaban J connectivity index is 1.62. The van der Waals surface area contributed by atoms with Crippen molar-refractivity contribution in [1.29, 1.82) is 0 Å². The number of nitrogens with zero attached hydrogens (tertiary/aromatic N) is 3. The molecule has 1 unspecified atom stereocenters. The fourth-order valence-electron chi connectivity index (χ4n) is 4.12. The molecule has 1 aliphatic heterocycles. The number of aromatic nitrogens is 3. The van der Waals surface area contributed by atoms with Gasteiger partial charge >= 0.3 is 0 Å². The van der Waals surface area contributed by atoms with E-state index >= 15 is 0 Å². The first-order valence-corrected chi connectivity index (χ1v) is 10.7. The van der Waals surface area contributed by atoms with Crippen LogP contribution < -0.4 is 15.4 Å². The number of rotatable bonds is 6. The molecular weight excluding hydrogens is 394 g/mol. The third kappa shape index (κ3) is 4.49. The average Bonchev–Trinajstić information content (AvgIpc) is 3.27. The topological polar surface area (TPSA) is 94.2 Å². The number of aryl methyl sites for hydroxylation is 4. The highest BCUT2D eigenvalue weighted by Gasteiger charge is 2.20. The molecule has 1 aliphatic rings. The van der Waals surface area contributed by atoms with Crippen molar-refractivity contribution in [2.75, 3.05) is 18.5 Å². The molecule has 2 N–H and O–H groups in total. The molecule has 2 aromatic heterocycles. The van der Waals surface area contributed by atoms with E-state index < -0.39 is 0 Å². The summed E-state index contributed by atoms with van der Waals surface area (Å²) in [6, 6.07) is 6.02. The lowest BCUT2D eigenvalue weighted by Gasteiger charge is -2.24. The third-order valence-corrected chi connectivity index (χ3v) is 5.73. The Morgan fingerprint density at radius 2 is 2.16 bits per heavy atom. The van der Waals surface area contributed by atoms with E-state index in [0.29, 0.717) is 29.8 Å². The summed E-state index contributed by atoms with van der Waals surface area (Å²) >= 11 is 0. The molecule has 1 aromatic carbocycles. The van der Waals surface area contributed by atoms with Crippen LogP contribution in [0.5, 0.6) is 5.75 Å². The molecule has 0 saturated carbocycles. The van der Waals surface area contributed by atoms with Crippen LogP contribution in [0.3, 0.4) is 0 Å². The van der Waals surface area contributed by atoms with Gasteiger partial charge in [0, 0.05) is 24.3 Å². The second-order valence-electron chi connectivity index (χ2n) is 8.12. The minimum absolute atomic E-state index is 0.206. The van der Waals surface area contributed by atoms with Crippen LogP contribution in [-0.4, -0.2) is 40.0 Å². The largest absolute Gasteiger partial charge is 0.491 e. The number of anilines is 1. The summed E-state index contributed by atoms with van der Waals surface area (Å²) in [4.78, 5) is 12.8. The van der Waals surface area contributed by atoms with Gasteiger partial charge in [0.1, 0.15) is 23.8 Å². The second kappa shape index (κ2) is 8.93. The van der Waals surface area contributed by atoms with Crippen molar-refractivity contribution in [3.8, 4) is 16.9 Å². The summed E-state index contributed by atoms with van der Waals surface area (Å²) in [5.74, 6) is 1.25. The molecular formula is C23H29N5O3. The van der Waals surface area contributed by atoms with Crippen LogP contribution in [0, 0.1) is 20.8 Å². The van der Waals surface area contributed by atoms with E-state index in [4.69, 9.17) is 9.26 Å². The van der Waals surface area contributed by atoms with Crippen LogP contribution in [0.2, 0.25) is 0 Å². The Hall–Kier alpha value is -3.13. The number of nitrogens with one attached hydrogen (secondary N) is 2. The highest BCUT2D eigenvalue weighted by Crippen LogP contribution is 2.37. The molecule has 1 atom stereocenters. The van der Waals surface area contributed by atoms with Crippen LogP contribution in [0.1, 0.15) is 46.8 Å². The van der Waals surface area contributed by atoms with Crippen molar-refractivity contribution in [3.05, 3.63) is 47.1 Å². The molecule has 0 aliphatic carbocycles. The Morgan fingerprint density at radius 3 is 2.81 bits per heavy atom. The van der Waals surface area contributed by atoms with E-state index in [1.165, 1.54) is 12.8 Å². The molecule has 1 fully saturated rings. The van der Waals surface area contributed by atoms with Crippen molar-refractivity contribution in [3.63, 3.8) is 0 Å². The molecule has 3 aromatic rings. The molecule has 8 nitrogen and oxygen atoms in total. The summed E-state index contributed by atoms with van der Waals surface area (Å²) in [6.45, 7) is 7.28. The van der Waals surface area contributed by atoms with Crippen molar-refractivity contribution >= 4 is 11.6 Å². The number of ether oxygens (including phenoxy) is 1. The fraction of sp³-hybridized carbons (Fsp3) is 0.435. The number of piperidine rings is 1. The zero-order chi connectivity index (χ0) is 22.0. The van der Waals surface area contributed by atoms with Crippen LogP contribution in [0.4, 0.5) is 5.69 Å². The summed E-state index contributed by atoms with van der Waals surface area (Å²) in [7, 11) is 1.76. The number of benzene rings is 1. The first-order chi connectivity index (χ1) is 14.9. The Bertz CT molecular complexity index is 1040. The normalized spacial score (nSPS) is 16.3. The lowest BCUT2D eigenvalue weighted by Crippen LogP contribution is -2.38. The molecule has 164 valence electrons. The van der Waals surface area contributed by atoms with Crippen molar-refractivity contribution in [2.45, 2.75) is 46.1 Å². The third-order valence-electron chi connectivity index (χ3n) is 5.73. The maximum atomic E-state index is 12.8. The van der Waals surface area contributed by atoms with Gasteiger partial charge in [-0.3, -0.25) is 9.48 Å². The van der Waals surface area contributed by atoms with Crippen molar-refractivity contribution < 1.29 is 14.1 Å². The number of hydrogen-bond donors (Lipinski definition) is 2. The monoisotopic (exact) mass is 423 g/mol. The second-order valence-corrected chi connectivity index (χ2v) is 8.12. The van der Waals surface area contributed by atoms with Gasteiger partial charge in [-0.2, -0.15) is 5.10 Å². The van der Waals surface area contributed by atoms with E-state index in [2.05, 4.69) is 20.9 Å². The van der Waals surface area contributed by atoms with Crippen LogP contribution in [0.25, 0.3) is 11.1 Å². The van der Waals surface area contributed by atoms with E-state index in [1.807, 2.05) is 39.0 Å². The average molecular weight is 424 g/mol. The van der Waals surface area contributed by atoms with Gasteiger partial charge in [0.2, 0.25) is 0 Å². The van der Waals surface area contributed by atoms with E-state index in [-0.39, 0.29) is 5.91 Å². The van der Waals surface area contributed by atoms with Gasteiger partial charge in [0.05, 0.1) is 17.5 Å². The molecule has 31 heavy (non-hydrogen) atoms. The zero-order valence-electron chi connectivity index (χ0n) is 18.5. The van der Waals surface area contributed by atoms with Crippen LogP contribution >= 0.6 is 0 Å². The molecule has 1 amide bonds. The number of carbonyl (C=O) groups is 1. The fourth-order valence-corrected chi connectivity index (χ4v) is 4.12. The van der Waals surface area contributed by atoms with Gasteiger partial charge in [0.15, 0.2) is 0 Å². The SMILES string of the molecule is Cc1cnn(C)c1C(=O)Nc1ccc(OCC2CCCCN2)c(-c2c(C)noc2C)c1. The molecule has 4 rings (SSSR count). The summed E-state index contributed by atoms with van der Waals surface area (Å²) < 4.78 is 13.2. The number of hydrogen-bond acceptors (Lipinski definition) is 6. The van der Waals surface area contributed by atoms with Gasteiger partial charge in [-0.15, -0.1) is 0 Å². The minimum atomic E-state index is -0.206. The molecule has 0 radical (unpaired) electrons. The van der Waals surface area contributed by atoms with Crippen molar-refractivity contribution in [1.82, 2.24) is 20.3 Å². The maximum absolute atomic E-state index is 12.8. The van der Waals surface area contributed by atoms with E-state index in [1.54, 1.807) is 17.9 Å². The summed E-state index contributed by atoms with van der Waals surface area (Å²) in [6.07, 6.45) is 5.22. The molecule has 0 bridgehead atoms. The highest BCUT2D eigenvalue weighted by atomic mass is 16.5. The van der Waals surface area contributed by atoms with Crippen LogP contribution in [0.15, 0.2) is 28.9 Å². The lowest BCUT2D eigenvalue weighted by molar-refractivity contribution is 0.101. The summed E-state index contributed by atoms with van der Waals surface area (Å²) in [5.41, 5.74) is 4.55. The van der Waals surface area contributed by atoms with Gasteiger partial charge in [-0.1, -0.05) is 11.6 Å². The van der Waals surface area contributed by atoms with Gasteiger partial charge in [-0.05, 0) is 63.9 Å². The first kappa shape index (κ1) is 21.1. The molecule has 3 heterocycles. The van der Waals surface area contributed by atoms with Gasteiger partial charge < -0.3 is 19.9 Å². The summed E-state index contributed by atoms with van der Waals surface area (Å²) in [5, 5.41) is 14.7. The molecule has 0 spiro atoms. The maximum Gasteiger partial charge on any atom is 0.274 e. The predicted molar refractivity (Wildman–Crippen MR) is 118 cm³/mol. The molecule has 8 heteroatoms. The Labute approximate surface area is 182 Å². The standard InChI is InChI=1S/C23H29N5O3/c1-14-12-25-28(4)22(14)23(29)26-17-8-9-20(30-13-18-7-5-6-10-24-18)19(11-17)21-15(2)27-31-16(21)3/h8-9,11-12,18,24H,5-7,10,13H2,1-4H3,(H,26,29). The number of amides is 1. The molecule has 1 saturated heterocycles. The predicted octanol–water partition coefficient (Wildman–Crippen LogP) is 3.77. The van der Waals surface area contributed by atoms with E-state index in [9.17, 15) is 4.79 Å². The zero-order valence-corrected chi connectivity index (χ0v) is 18.5. The smallest absolute Gasteiger partial charge is 0.274 e. The Morgan fingerprint density at radius 1 is 1.32 bits per heavy atom. The van der Waals surface area contributed by atoms with Gasteiger partial charge in [-0.25, -0.2) is 0 Å². The lowest BCUT2D eigenvalue weighted by atomic mass is 10.0.